The summed E-state index contributed by atoms with van der Waals surface area (Å²) in [6, 6.07) is 7.45. The molecule has 3 saturated carbocycles. The van der Waals surface area contributed by atoms with Gasteiger partial charge in [0, 0.05) is 19.0 Å². The molecule has 0 aromatic heterocycles. The Balaban J connectivity index is 1.48. The van der Waals surface area contributed by atoms with E-state index in [0.29, 0.717) is 5.56 Å². The molecule has 3 fully saturated rings. The highest BCUT2D eigenvalue weighted by molar-refractivity contribution is 5.93. The van der Waals surface area contributed by atoms with Crippen molar-refractivity contribution in [1.82, 2.24) is 5.32 Å². The van der Waals surface area contributed by atoms with Gasteiger partial charge < -0.3 is 5.32 Å². The van der Waals surface area contributed by atoms with Crippen molar-refractivity contribution in [3.8, 4) is 0 Å². The Hall–Kier alpha value is -1.52. The Kier molecular flexibility index (Phi) is 3.49. The number of hydrogen-bond donors (Lipinski definition) is 1. The maximum Gasteiger partial charge on any atom is 0.389 e. The quantitative estimate of drug-likeness (QED) is 0.871. The fraction of sp³-hybridized carbons (Fsp3) is 0.588. The molecule has 3 aliphatic carbocycles. The van der Waals surface area contributed by atoms with Crippen LogP contribution in [0.4, 0.5) is 13.2 Å². The van der Waals surface area contributed by atoms with Crippen molar-refractivity contribution < 1.29 is 18.0 Å². The molecule has 0 heterocycles. The second kappa shape index (κ2) is 5.00. The number of halogens is 3. The number of aryl methyl sites for hydroxylation is 1. The first-order chi connectivity index (χ1) is 10.2. The van der Waals surface area contributed by atoms with Crippen molar-refractivity contribution in [3.05, 3.63) is 35.4 Å². The van der Waals surface area contributed by atoms with Gasteiger partial charge in [-0.1, -0.05) is 12.1 Å². The number of carbonyl (C=O) groups is 1. The van der Waals surface area contributed by atoms with Crippen LogP contribution >= 0.6 is 0 Å². The Labute approximate surface area is 128 Å². The lowest BCUT2D eigenvalue weighted by atomic mass is 9.33. The van der Waals surface area contributed by atoms with Crippen molar-refractivity contribution in [2.45, 2.75) is 44.7 Å². The predicted octanol–water partition coefficient (Wildman–Crippen LogP) is 4.10. The molecule has 1 aromatic carbocycles. The fourth-order valence-electron chi connectivity index (χ4n) is 4.49. The van der Waals surface area contributed by atoms with Crippen molar-refractivity contribution in [3.63, 3.8) is 0 Å². The van der Waals surface area contributed by atoms with Crippen LogP contribution in [0.2, 0.25) is 0 Å². The zero-order valence-corrected chi connectivity index (χ0v) is 12.6. The maximum atomic E-state index is 12.5. The standard InChI is InChI=1S/C17H20F3NO/c1-21-14(22)13-4-2-12(3-5-13)6-7-15-8-16(9-15,10-15)11-17(18,19)20/h2-5H,6-11H2,1H3,(H,21,22). The van der Waals surface area contributed by atoms with Gasteiger partial charge in [-0.3, -0.25) is 4.79 Å². The molecular weight excluding hydrogens is 291 g/mol. The number of benzene rings is 1. The first kappa shape index (κ1) is 15.4. The lowest BCUT2D eigenvalue weighted by molar-refractivity contribution is -0.267. The predicted molar refractivity (Wildman–Crippen MR) is 77.5 cm³/mol. The number of alkyl halides is 3. The van der Waals surface area contributed by atoms with E-state index < -0.39 is 18.0 Å². The number of amides is 1. The molecule has 120 valence electrons. The summed E-state index contributed by atoms with van der Waals surface area (Å²) in [6.07, 6.45) is -0.617. The zero-order valence-electron chi connectivity index (χ0n) is 12.6. The fourth-order valence-corrected chi connectivity index (χ4v) is 4.49. The molecule has 0 atom stereocenters. The smallest absolute Gasteiger partial charge is 0.355 e. The van der Waals surface area contributed by atoms with E-state index in [-0.39, 0.29) is 11.3 Å². The van der Waals surface area contributed by atoms with Gasteiger partial charge in [0.1, 0.15) is 0 Å². The highest BCUT2D eigenvalue weighted by Gasteiger charge is 2.68. The molecule has 1 aromatic rings. The number of hydrogen-bond acceptors (Lipinski definition) is 1. The summed E-state index contributed by atoms with van der Waals surface area (Å²) in [7, 11) is 1.59. The van der Waals surface area contributed by atoms with Crippen LogP contribution in [0.3, 0.4) is 0 Å². The van der Waals surface area contributed by atoms with Crippen LogP contribution < -0.4 is 5.32 Å². The van der Waals surface area contributed by atoms with Gasteiger partial charge >= 0.3 is 6.18 Å². The van der Waals surface area contributed by atoms with Crippen LogP contribution in [0.15, 0.2) is 24.3 Å². The van der Waals surface area contributed by atoms with Gasteiger partial charge in [0.15, 0.2) is 0 Å². The van der Waals surface area contributed by atoms with E-state index in [4.69, 9.17) is 0 Å². The van der Waals surface area contributed by atoms with Crippen LogP contribution in [0.25, 0.3) is 0 Å². The lowest BCUT2D eigenvalue weighted by Crippen LogP contribution is -2.62. The van der Waals surface area contributed by atoms with E-state index in [1.165, 1.54) is 0 Å². The van der Waals surface area contributed by atoms with Crippen LogP contribution in [0.1, 0.15) is 48.0 Å². The molecule has 22 heavy (non-hydrogen) atoms. The Morgan fingerprint density at radius 2 is 1.73 bits per heavy atom. The third kappa shape index (κ3) is 2.85. The zero-order chi connectivity index (χ0) is 16.0. The van der Waals surface area contributed by atoms with E-state index in [1.807, 2.05) is 12.1 Å². The number of nitrogens with one attached hydrogen (secondary N) is 1. The highest BCUT2D eigenvalue weighted by Crippen LogP contribution is 2.77. The molecule has 4 rings (SSSR count). The normalized spacial score (nSPS) is 29.5. The van der Waals surface area contributed by atoms with E-state index in [2.05, 4.69) is 5.32 Å². The third-order valence-electron chi connectivity index (χ3n) is 5.21. The summed E-state index contributed by atoms with van der Waals surface area (Å²) < 4.78 is 37.4. The summed E-state index contributed by atoms with van der Waals surface area (Å²) in [6.45, 7) is 0. The second-order valence-electron chi connectivity index (χ2n) is 7.10. The minimum absolute atomic E-state index is 0.111. The highest BCUT2D eigenvalue weighted by atomic mass is 19.4. The van der Waals surface area contributed by atoms with Gasteiger partial charge in [-0.2, -0.15) is 13.2 Å². The van der Waals surface area contributed by atoms with E-state index >= 15 is 0 Å². The molecule has 3 aliphatic rings. The molecule has 1 N–H and O–H groups in total. The van der Waals surface area contributed by atoms with Crippen molar-refractivity contribution in [1.29, 1.82) is 0 Å². The topological polar surface area (TPSA) is 29.1 Å². The van der Waals surface area contributed by atoms with Gasteiger partial charge in [-0.15, -0.1) is 0 Å². The third-order valence-corrected chi connectivity index (χ3v) is 5.21. The van der Waals surface area contributed by atoms with Crippen molar-refractivity contribution in [2.75, 3.05) is 7.05 Å². The van der Waals surface area contributed by atoms with Crippen molar-refractivity contribution >= 4 is 5.91 Å². The van der Waals surface area contributed by atoms with E-state index in [9.17, 15) is 18.0 Å². The van der Waals surface area contributed by atoms with Gasteiger partial charge in [-0.25, -0.2) is 0 Å². The largest absolute Gasteiger partial charge is 0.389 e. The Morgan fingerprint density at radius 3 is 2.23 bits per heavy atom. The van der Waals surface area contributed by atoms with E-state index in [1.54, 1.807) is 19.2 Å². The SMILES string of the molecule is CNC(=O)c1ccc(CCC23CC(CC(F)(F)F)(C2)C3)cc1. The van der Waals surface area contributed by atoms with Gasteiger partial charge in [0.05, 0.1) is 0 Å². The second-order valence-corrected chi connectivity index (χ2v) is 7.10. The van der Waals surface area contributed by atoms with Crippen molar-refractivity contribution in [2.24, 2.45) is 10.8 Å². The maximum absolute atomic E-state index is 12.5. The van der Waals surface area contributed by atoms with Gasteiger partial charge in [0.2, 0.25) is 0 Å². The molecule has 5 heteroatoms. The molecule has 0 spiro atoms. The summed E-state index contributed by atoms with van der Waals surface area (Å²) in [4.78, 5) is 11.5. The van der Waals surface area contributed by atoms with E-state index in [0.717, 1.165) is 37.7 Å². The average Bonchev–Trinajstić information content (AvgIpc) is 2.38. The number of carbonyl (C=O) groups excluding carboxylic acids is 1. The molecule has 0 saturated heterocycles. The summed E-state index contributed by atoms with van der Waals surface area (Å²) in [5.41, 5.74) is 1.50. The molecule has 2 nitrogen and oxygen atoms in total. The van der Waals surface area contributed by atoms with Crippen LogP contribution in [-0.4, -0.2) is 19.1 Å². The summed E-state index contributed by atoms with van der Waals surface area (Å²) >= 11 is 0. The molecule has 0 aliphatic heterocycles. The molecule has 1 amide bonds. The van der Waals surface area contributed by atoms with Gasteiger partial charge in [0.25, 0.3) is 5.91 Å². The first-order valence-electron chi connectivity index (χ1n) is 7.63. The average molecular weight is 311 g/mol. The molecule has 0 radical (unpaired) electrons. The molecular formula is C17H20F3NO. The molecule has 0 unspecified atom stereocenters. The first-order valence-corrected chi connectivity index (χ1v) is 7.63. The minimum Gasteiger partial charge on any atom is -0.355 e. The van der Waals surface area contributed by atoms with Crippen LogP contribution in [-0.2, 0) is 6.42 Å². The molecule has 2 bridgehead atoms. The monoisotopic (exact) mass is 311 g/mol. The summed E-state index contributed by atoms with van der Waals surface area (Å²) in [5.74, 6) is -0.111. The van der Waals surface area contributed by atoms with Gasteiger partial charge in [-0.05, 0) is 60.6 Å². The summed E-state index contributed by atoms with van der Waals surface area (Å²) in [5, 5.41) is 2.57. The lowest BCUT2D eigenvalue weighted by Gasteiger charge is -2.71. The van der Waals surface area contributed by atoms with Crippen LogP contribution in [0, 0.1) is 10.8 Å². The Bertz CT molecular complexity index is 557. The van der Waals surface area contributed by atoms with Crippen LogP contribution in [0.5, 0.6) is 0 Å². The minimum atomic E-state index is -4.03. The Morgan fingerprint density at radius 1 is 1.14 bits per heavy atom. The number of rotatable bonds is 5.